The van der Waals surface area contributed by atoms with Gasteiger partial charge in [-0.05, 0) is 54.8 Å². The molecule has 1 N–H and O–H groups in total. The Balaban J connectivity index is 1.86. The number of carbonyl (C=O) groups excluding carboxylic acids is 1. The first kappa shape index (κ1) is 21.7. The number of benzene rings is 2. The molecule has 10 heteroatoms. The molecule has 6 nitrogen and oxygen atoms in total. The molecule has 158 valence electrons. The van der Waals surface area contributed by atoms with E-state index in [0.717, 1.165) is 27.8 Å². The number of nitrogens with zero attached hydrogens (tertiary/aromatic N) is 1. The topological polar surface area (TPSA) is 75.7 Å². The smallest absolute Gasteiger partial charge is 0.267 e. The quantitative estimate of drug-likeness (QED) is 0.573. The third kappa shape index (κ3) is 4.44. The summed E-state index contributed by atoms with van der Waals surface area (Å²) in [6, 6.07) is 10.7. The van der Waals surface area contributed by atoms with E-state index in [1.807, 2.05) is 6.92 Å². The van der Waals surface area contributed by atoms with Crippen molar-refractivity contribution in [2.45, 2.75) is 11.8 Å². The molecule has 1 aromatic heterocycles. The maximum atomic E-state index is 13.4. The van der Waals surface area contributed by atoms with Crippen LogP contribution in [0.25, 0.3) is 0 Å². The van der Waals surface area contributed by atoms with Crippen molar-refractivity contribution < 1.29 is 26.7 Å². The zero-order valence-corrected chi connectivity index (χ0v) is 17.7. The number of rotatable bonds is 7. The fourth-order valence-corrected chi connectivity index (χ4v) is 5.12. The maximum absolute atomic E-state index is 13.4. The Hall–Kier alpha value is -2.98. The van der Waals surface area contributed by atoms with Crippen molar-refractivity contribution in [1.29, 1.82) is 0 Å². The first-order valence-electron chi connectivity index (χ1n) is 8.79. The second kappa shape index (κ2) is 8.80. The van der Waals surface area contributed by atoms with Crippen LogP contribution in [0, 0.1) is 11.6 Å². The number of anilines is 2. The van der Waals surface area contributed by atoms with Crippen molar-refractivity contribution in [1.82, 2.24) is 0 Å². The summed E-state index contributed by atoms with van der Waals surface area (Å²) in [5.74, 6) is -2.31. The van der Waals surface area contributed by atoms with E-state index < -0.39 is 27.6 Å². The van der Waals surface area contributed by atoms with Crippen LogP contribution in [0.3, 0.4) is 0 Å². The molecule has 1 heterocycles. The minimum atomic E-state index is -4.05. The molecule has 3 aromatic rings. The number of hydrogen-bond donors (Lipinski definition) is 1. The molecule has 0 unspecified atom stereocenters. The zero-order valence-electron chi connectivity index (χ0n) is 16.1. The van der Waals surface area contributed by atoms with Gasteiger partial charge in [-0.3, -0.25) is 9.10 Å². The molecular weight excluding hydrogens is 434 g/mol. The summed E-state index contributed by atoms with van der Waals surface area (Å²) >= 11 is 0.927. The van der Waals surface area contributed by atoms with Crippen LogP contribution in [0.2, 0.25) is 0 Å². The zero-order chi connectivity index (χ0) is 21.9. The Kier molecular flexibility index (Phi) is 6.37. The van der Waals surface area contributed by atoms with Crippen LogP contribution >= 0.6 is 11.3 Å². The van der Waals surface area contributed by atoms with Crippen LogP contribution in [-0.4, -0.2) is 28.0 Å². The van der Waals surface area contributed by atoms with Crippen LogP contribution in [0.1, 0.15) is 16.6 Å². The van der Waals surface area contributed by atoms with Crippen molar-refractivity contribution >= 4 is 38.6 Å². The summed E-state index contributed by atoms with van der Waals surface area (Å²) in [5.41, 5.74) is 0.395. The largest absolute Gasteiger partial charge is 0.494 e. The van der Waals surface area contributed by atoms with Crippen LogP contribution < -0.4 is 14.4 Å². The molecule has 0 aliphatic carbocycles. The standard InChI is InChI=1S/C20H18F2N2O4S2/c1-3-28-15-7-5-14(6-8-15)24(2)30(26,27)18-10-11-29-19(18)20(25)23-13-4-9-16(21)17(22)12-13/h4-12H,3H2,1-2H3,(H,23,25). The number of halogens is 2. The lowest BCUT2D eigenvalue weighted by Crippen LogP contribution is -2.28. The molecule has 0 saturated heterocycles. The lowest BCUT2D eigenvalue weighted by atomic mass is 10.3. The summed E-state index contributed by atoms with van der Waals surface area (Å²) in [6.07, 6.45) is 0. The Morgan fingerprint density at radius 2 is 1.80 bits per heavy atom. The Labute approximate surface area is 176 Å². The van der Waals surface area contributed by atoms with E-state index >= 15 is 0 Å². The molecule has 0 aliphatic rings. The number of thiophene rings is 1. The molecule has 2 aromatic carbocycles. The Bertz CT molecular complexity index is 1160. The molecule has 0 bridgehead atoms. The minimum Gasteiger partial charge on any atom is -0.494 e. The number of carbonyl (C=O) groups is 1. The van der Waals surface area contributed by atoms with E-state index in [1.165, 1.54) is 24.6 Å². The highest BCUT2D eigenvalue weighted by atomic mass is 32.2. The van der Waals surface area contributed by atoms with E-state index in [-0.39, 0.29) is 15.5 Å². The molecule has 0 radical (unpaired) electrons. The molecule has 30 heavy (non-hydrogen) atoms. The fraction of sp³-hybridized carbons (Fsp3) is 0.150. The van der Waals surface area contributed by atoms with E-state index in [4.69, 9.17) is 4.74 Å². The lowest BCUT2D eigenvalue weighted by Gasteiger charge is -2.20. The maximum Gasteiger partial charge on any atom is 0.267 e. The number of hydrogen-bond acceptors (Lipinski definition) is 5. The summed E-state index contributed by atoms with van der Waals surface area (Å²) in [4.78, 5) is 12.3. The van der Waals surface area contributed by atoms with E-state index in [9.17, 15) is 22.0 Å². The van der Waals surface area contributed by atoms with E-state index in [0.29, 0.717) is 18.0 Å². The predicted molar refractivity (Wildman–Crippen MR) is 112 cm³/mol. The molecule has 0 spiro atoms. The Morgan fingerprint density at radius 1 is 1.10 bits per heavy atom. The van der Waals surface area contributed by atoms with Crippen LogP contribution in [0.4, 0.5) is 20.2 Å². The Morgan fingerprint density at radius 3 is 2.43 bits per heavy atom. The SMILES string of the molecule is CCOc1ccc(N(C)S(=O)(=O)c2ccsc2C(=O)Nc2ccc(F)c(F)c2)cc1. The van der Waals surface area contributed by atoms with Crippen molar-refractivity contribution in [3.8, 4) is 5.75 Å². The second-order valence-electron chi connectivity index (χ2n) is 6.10. The first-order valence-corrected chi connectivity index (χ1v) is 11.1. The highest BCUT2D eigenvalue weighted by molar-refractivity contribution is 7.93. The van der Waals surface area contributed by atoms with Gasteiger partial charge < -0.3 is 10.1 Å². The monoisotopic (exact) mass is 452 g/mol. The van der Waals surface area contributed by atoms with Gasteiger partial charge in [-0.15, -0.1) is 11.3 Å². The average Bonchev–Trinajstić information content (AvgIpc) is 3.22. The van der Waals surface area contributed by atoms with Crippen LogP contribution in [-0.2, 0) is 10.0 Å². The molecule has 3 rings (SSSR count). The molecule has 0 atom stereocenters. The molecular formula is C20H18F2N2O4S2. The van der Waals surface area contributed by atoms with Gasteiger partial charge in [0.25, 0.3) is 15.9 Å². The number of ether oxygens (including phenoxy) is 1. The predicted octanol–water partition coefficient (Wildman–Crippen LogP) is 4.50. The molecule has 0 saturated carbocycles. The van der Waals surface area contributed by atoms with Crippen molar-refractivity contribution in [3.63, 3.8) is 0 Å². The van der Waals surface area contributed by atoms with Gasteiger partial charge in [-0.1, -0.05) is 0 Å². The minimum absolute atomic E-state index is 0.00974. The van der Waals surface area contributed by atoms with Gasteiger partial charge in [0, 0.05) is 18.8 Å². The van der Waals surface area contributed by atoms with E-state index in [2.05, 4.69) is 5.32 Å². The summed E-state index contributed by atoms with van der Waals surface area (Å²) in [6.45, 7) is 2.33. The van der Waals surface area contributed by atoms with Gasteiger partial charge in [0.1, 0.15) is 15.5 Å². The molecule has 0 aliphatic heterocycles. The highest BCUT2D eigenvalue weighted by Gasteiger charge is 2.28. The highest BCUT2D eigenvalue weighted by Crippen LogP contribution is 2.29. The third-order valence-corrected chi connectivity index (χ3v) is 7.03. The fourth-order valence-electron chi connectivity index (χ4n) is 2.63. The van der Waals surface area contributed by atoms with Gasteiger partial charge in [0.05, 0.1) is 12.3 Å². The van der Waals surface area contributed by atoms with Crippen LogP contribution in [0.5, 0.6) is 5.75 Å². The summed E-state index contributed by atoms with van der Waals surface area (Å²) in [7, 11) is -2.67. The van der Waals surface area contributed by atoms with Gasteiger partial charge in [-0.2, -0.15) is 0 Å². The van der Waals surface area contributed by atoms with Gasteiger partial charge in [0.2, 0.25) is 0 Å². The second-order valence-corrected chi connectivity index (χ2v) is 8.95. The first-order chi connectivity index (χ1) is 14.2. The summed E-state index contributed by atoms with van der Waals surface area (Å²) in [5, 5.41) is 3.86. The van der Waals surface area contributed by atoms with Gasteiger partial charge in [-0.25, -0.2) is 17.2 Å². The molecule has 1 amide bonds. The van der Waals surface area contributed by atoms with Crippen molar-refractivity contribution in [3.05, 3.63) is 70.4 Å². The van der Waals surface area contributed by atoms with Crippen molar-refractivity contribution in [2.24, 2.45) is 0 Å². The van der Waals surface area contributed by atoms with E-state index in [1.54, 1.807) is 24.3 Å². The van der Waals surface area contributed by atoms with Gasteiger partial charge in [0.15, 0.2) is 11.6 Å². The lowest BCUT2D eigenvalue weighted by molar-refractivity contribution is 0.102. The molecule has 0 fully saturated rings. The number of sulfonamides is 1. The average molecular weight is 453 g/mol. The van der Waals surface area contributed by atoms with Crippen LogP contribution in [0.15, 0.2) is 58.8 Å². The number of nitrogens with one attached hydrogen (secondary N) is 1. The van der Waals surface area contributed by atoms with Crippen molar-refractivity contribution in [2.75, 3.05) is 23.3 Å². The normalized spacial score (nSPS) is 11.2. The van der Waals surface area contributed by atoms with Gasteiger partial charge >= 0.3 is 0 Å². The summed E-state index contributed by atoms with van der Waals surface area (Å²) < 4.78 is 59.0. The third-order valence-electron chi connectivity index (χ3n) is 4.16. The number of amides is 1.